The Bertz CT molecular complexity index is 532. The molecular formula is C19H27NO2. The van der Waals surface area contributed by atoms with Gasteiger partial charge in [0.05, 0.1) is 0 Å². The first-order valence-corrected chi connectivity index (χ1v) is 8.09. The number of ether oxygens (including phenoxy) is 1. The summed E-state index contributed by atoms with van der Waals surface area (Å²) >= 11 is 0. The zero-order valence-corrected chi connectivity index (χ0v) is 14.1. The summed E-state index contributed by atoms with van der Waals surface area (Å²) in [5, 5.41) is 2.80. The van der Waals surface area contributed by atoms with Crippen LogP contribution in [0.2, 0.25) is 0 Å². The van der Waals surface area contributed by atoms with E-state index in [9.17, 15) is 4.79 Å². The van der Waals surface area contributed by atoms with Crippen LogP contribution in [0, 0.1) is 11.3 Å². The maximum Gasteiger partial charge on any atom is 0.412 e. The Morgan fingerprint density at radius 2 is 2.00 bits per heavy atom. The Morgan fingerprint density at radius 3 is 2.64 bits per heavy atom. The second-order valence-corrected chi connectivity index (χ2v) is 7.25. The van der Waals surface area contributed by atoms with Crippen molar-refractivity contribution < 1.29 is 9.53 Å². The van der Waals surface area contributed by atoms with Crippen LogP contribution in [0.4, 0.5) is 10.5 Å². The SMILES string of the molecule is CC(C)/C=C1\CC(C)(C)CCC1OC(=O)Nc1ccccc1. The van der Waals surface area contributed by atoms with Crippen LogP contribution in [-0.2, 0) is 4.74 Å². The maximum atomic E-state index is 12.1. The van der Waals surface area contributed by atoms with Crippen molar-refractivity contribution in [3.63, 3.8) is 0 Å². The van der Waals surface area contributed by atoms with Crippen molar-refractivity contribution in [3.8, 4) is 0 Å². The molecule has 2 rings (SSSR count). The van der Waals surface area contributed by atoms with Gasteiger partial charge in [0, 0.05) is 5.69 Å². The van der Waals surface area contributed by atoms with E-state index in [1.165, 1.54) is 5.57 Å². The Morgan fingerprint density at radius 1 is 1.32 bits per heavy atom. The van der Waals surface area contributed by atoms with Crippen molar-refractivity contribution in [3.05, 3.63) is 42.0 Å². The summed E-state index contributed by atoms with van der Waals surface area (Å²) in [6.07, 6.45) is 4.75. The highest BCUT2D eigenvalue weighted by Crippen LogP contribution is 2.40. The molecule has 1 fully saturated rings. The smallest absolute Gasteiger partial charge is 0.412 e. The lowest BCUT2D eigenvalue weighted by Crippen LogP contribution is -2.32. The lowest BCUT2D eigenvalue weighted by molar-refractivity contribution is 0.0919. The molecule has 1 aliphatic rings. The number of anilines is 1. The van der Waals surface area contributed by atoms with Crippen LogP contribution >= 0.6 is 0 Å². The van der Waals surface area contributed by atoms with Gasteiger partial charge in [0.15, 0.2) is 0 Å². The van der Waals surface area contributed by atoms with Gasteiger partial charge < -0.3 is 4.74 Å². The molecule has 0 heterocycles. The van der Waals surface area contributed by atoms with Crippen LogP contribution in [0.15, 0.2) is 42.0 Å². The van der Waals surface area contributed by atoms with Gasteiger partial charge in [0.2, 0.25) is 0 Å². The molecule has 1 atom stereocenters. The zero-order valence-electron chi connectivity index (χ0n) is 14.1. The largest absolute Gasteiger partial charge is 0.441 e. The first-order valence-electron chi connectivity index (χ1n) is 8.09. The van der Waals surface area contributed by atoms with Gasteiger partial charge in [0.1, 0.15) is 6.10 Å². The van der Waals surface area contributed by atoms with Gasteiger partial charge >= 0.3 is 6.09 Å². The van der Waals surface area contributed by atoms with Crippen molar-refractivity contribution in [1.82, 2.24) is 0 Å². The Hall–Kier alpha value is -1.77. The lowest BCUT2D eigenvalue weighted by atomic mass is 9.73. The van der Waals surface area contributed by atoms with Gasteiger partial charge in [0.25, 0.3) is 0 Å². The van der Waals surface area contributed by atoms with Crippen LogP contribution in [0.3, 0.4) is 0 Å². The topological polar surface area (TPSA) is 38.3 Å². The second kappa shape index (κ2) is 6.99. The van der Waals surface area contributed by atoms with E-state index in [1.807, 2.05) is 30.3 Å². The van der Waals surface area contributed by atoms with E-state index >= 15 is 0 Å². The zero-order chi connectivity index (χ0) is 16.2. The number of allylic oxidation sites excluding steroid dienone is 1. The third kappa shape index (κ3) is 4.90. The monoisotopic (exact) mass is 301 g/mol. The maximum absolute atomic E-state index is 12.1. The van der Waals surface area contributed by atoms with Gasteiger partial charge in [-0.3, -0.25) is 5.32 Å². The van der Waals surface area contributed by atoms with Crippen molar-refractivity contribution >= 4 is 11.8 Å². The van der Waals surface area contributed by atoms with E-state index < -0.39 is 0 Å². The molecule has 1 aromatic carbocycles. The van der Waals surface area contributed by atoms with Gasteiger partial charge in [-0.1, -0.05) is 52.0 Å². The number of para-hydroxylation sites is 1. The molecule has 0 radical (unpaired) electrons. The normalized spacial score (nSPS) is 22.6. The standard InChI is InChI=1S/C19H27NO2/c1-14(2)12-15-13-19(3,4)11-10-17(15)22-18(21)20-16-8-6-5-7-9-16/h5-9,12,14,17H,10-11,13H2,1-4H3,(H,20,21)/b15-12+. The fraction of sp³-hybridized carbons (Fsp3) is 0.526. The average Bonchev–Trinajstić information content (AvgIpc) is 2.42. The molecule has 22 heavy (non-hydrogen) atoms. The summed E-state index contributed by atoms with van der Waals surface area (Å²) in [4.78, 5) is 12.1. The van der Waals surface area contributed by atoms with E-state index in [-0.39, 0.29) is 17.6 Å². The Kier molecular flexibility index (Phi) is 5.28. The summed E-state index contributed by atoms with van der Waals surface area (Å²) in [7, 11) is 0. The number of hydrogen-bond acceptors (Lipinski definition) is 2. The van der Waals surface area contributed by atoms with Crippen molar-refractivity contribution in [2.75, 3.05) is 5.32 Å². The van der Waals surface area contributed by atoms with Gasteiger partial charge in [-0.2, -0.15) is 0 Å². The summed E-state index contributed by atoms with van der Waals surface area (Å²) in [5.74, 6) is 0.465. The lowest BCUT2D eigenvalue weighted by Gasteiger charge is -2.36. The van der Waals surface area contributed by atoms with Gasteiger partial charge in [-0.15, -0.1) is 0 Å². The predicted octanol–water partition coefficient (Wildman–Crippen LogP) is 5.40. The Balaban J connectivity index is 2.02. The molecule has 3 heteroatoms. The quantitative estimate of drug-likeness (QED) is 0.759. The summed E-state index contributed by atoms with van der Waals surface area (Å²) < 4.78 is 5.68. The van der Waals surface area contributed by atoms with Crippen molar-refractivity contribution in [2.45, 2.75) is 53.1 Å². The van der Waals surface area contributed by atoms with E-state index in [1.54, 1.807) is 0 Å². The van der Waals surface area contributed by atoms with E-state index in [0.29, 0.717) is 5.92 Å². The summed E-state index contributed by atoms with van der Waals surface area (Å²) in [6.45, 7) is 8.88. The molecule has 0 aromatic heterocycles. The molecule has 1 saturated carbocycles. The van der Waals surface area contributed by atoms with Crippen LogP contribution in [0.25, 0.3) is 0 Å². The number of carbonyl (C=O) groups excluding carboxylic acids is 1. The molecule has 120 valence electrons. The van der Waals surface area contributed by atoms with Crippen LogP contribution in [0.5, 0.6) is 0 Å². The molecule has 0 bridgehead atoms. The second-order valence-electron chi connectivity index (χ2n) is 7.25. The van der Waals surface area contributed by atoms with Crippen LogP contribution in [0.1, 0.15) is 47.0 Å². The van der Waals surface area contributed by atoms with Gasteiger partial charge in [-0.25, -0.2) is 4.79 Å². The first-order chi connectivity index (χ1) is 10.4. The van der Waals surface area contributed by atoms with E-state index in [4.69, 9.17) is 4.74 Å². The highest BCUT2D eigenvalue weighted by molar-refractivity contribution is 5.84. The molecular weight excluding hydrogens is 274 g/mol. The molecule has 1 aliphatic carbocycles. The molecule has 0 aliphatic heterocycles. The van der Waals surface area contributed by atoms with Crippen molar-refractivity contribution in [1.29, 1.82) is 0 Å². The highest BCUT2D eigenvalue weighted by atomic mass is 16.6. The molecule has 1 aromatic rings. The van der Waals surface area contributed by atoms with E-state index in [0.717, 1.165) is 24.9 Å². The molecule has 3 nitrogen and oxygen atoms in total. The minimum absolute atomic E-state index is 0.0980. The third-order valence-electron chi connectivity index (χ3n) is 4.00. The number of hydrogen-bond donors (Lipinski definition) is 1. The van der Waals surface area contributed by atoms with Crippen molar-refractivity contribution in [2.24, 2.45) is 11.3 Å². The number of rotatable bonds is 3. The number of nitrogens with one attached hydrogen (secondary N) is 1. The Labute approximate surface area is 133 Å². The van der Waals surface area contributed by atoms with E-state index in [2.05, 4.69) is 39.1 Å². The number of amides is 1. The minimum atomic E-state index is -0.370. The number of benzene rings is 1. The third-order valence-corrected chi connectivity index (χ3v) is 4.00. The molecule has 0 saturated heterocycles. The number of carbonyl (C=O) groups is 1. The predicted molar refractivity (Wildman–Crippen MR) is 90.9 cm³/mol. The molecule has 1 unspecified atom stereocenters. The van der Waals surface area contributed by atoms with Crippen LogP contribution < -0.4 is 5.32 Å². The molecule has 0 spiro atoms. The van der Waals surface area contributed by atoms with Crippen LogP contribution in [-0.4, -0.2) is 12.2 Å². The minimum Gasteiger partial charge on any atom is -0.441 e. The molecule has 1 N–H and O–H groups in total. The molecule has 1 amide bonds. The van der Waals surface area contributed by atoms with Gasteiger partial charge in [-0.05, 0) is 48.3 Å². The average molecular weight is 301 g/mol. The first kappa shape index (κ1) is 16.6. The fourth-order valence-electron chi connectivity index (χ4n) is 2.99. The fourth-order valence-corrected chi connectivity index (χ4v) is 2.99. The highest BCUT2D eigenvalue weighted by Gasteiger charge is 2.32. The summed E-state index contributed by atoms with van der Waals surface area (Å²) in [5.41, 5.74) is 2.31. The summed E-state index contributed by atoms with van der Waals surface area (Å²) in [6, 6.07) is 9.42.